The number of aliphatic imine (C=N–C) groups is 1. The summed E-state index contributed by atoms with van der Waals surface area (Å²) in [6.45, 7) is 2.20. The molecule has 0 radical (unpaired) electrons. The molecule has 4 rings (SSSR count). The van der Waals surface area contributed by atoms with Crippen LogP contribution < -0.4 is 5.32 Å². The number of hydrogen-bond acceptors (Lipinski definition) is 1. The summed E-state index contributed by atoms with van der Waals surface area (Å²) < 4.78 is 27.4. The zero-order chi connectivity index (χ0) is 19.0. The fraction of sp³-hybridized carbons (Fsp3) is 0.273. The number of hydrogen-bond donors (Lipinski definition) is 1. The molecule has 5 heteroatoms. The molecule has 2 aromatic carbocycles. The average molecular weight is 382 g/mol. The SMILES string of the molecule is CC1C/C(=C\c2cccc(F)c2)C2=NC(=S)NC(c3cccc(F)c3)C2C1. The van der Waals surface area contributed by atoms with E-state index in [-0.39, 0.29) is 23.6 Å². The first-order valence-corrected chi connectivity index (χ1v) is 9.51. The van der Waals surface area contributed by atoms with Crippen LogP contribution >= 0.6 is 12.2 Å². The summed E-state index contributed by atoms with van der Waals surface area (Å²) in [5.41, 5.74) is 3.70. The maximum Gasteiger partial charge on any atom is 0.193 e. The molecular formula is C22H20F2N2S. The van der Waals surface area contributed by atoms with Crippen LogP contribution in [0.15, 0.2) is 59.1 Å². The normalized spacial score (nSPS) is 26.3. The molecule has 1 saturated carbocycles. The van der Waals surface area contributed by atoms with Crippen LogP contribution in [0.2, 0.25) is 0 Å². The number of benzene rings is 2. The topological polar surface area (TPSA) is 24.4 Å². The van der Waals surface area contributed by atoms with Gasteiger partial charge in [-0.25, -0.2) is 13.8 Å². The highest BCUT2D eigenvalue weighted by atomic mass is 32.1. The van der Waals surface area contributed by atoms with E-state index in [1.807, 2.05) is 18.2 Å². The Morgan fingerprint density at radius 1 is 1.11 bits per heavy atom. The molecule has 2 aromatic rings. The molecule has 3 unspecified atom stereocenters. The molecule has 1 aliphatic heterocycles. The fourth-order valence-electron chi connectivity index (χ4n) is 4.12. The third kappa shape index (κ3) is 3.83. The summed E-state index contributed by atoms with van der Waals surface area (Å²) in [7, 11) is 0. The van der Waals surface area contributed by atoms with Gasteiger partial charge in [-0.15, -0.1) is 0 Å². The van der Waals surface area contributed by atoms with E-state index < -0.39 is 0 Å². The molecule has 0 amide bonds. The second kappa shape index (κ2) is 7.31. The molecule has 1 heterocycles. The van der Waals surface area contributed by atoms with Crippen LogP contribution in [-0.4, -0.2) is 10.8 Å². The Hall–Kier alpha value is -2.40. The van der Waals surface area contributed by atoms with Crippen LogP contribution in [0.3, 0.4) is 0 Å². The molecule has 1 aliphatic carbocycles. The maximum atomic E-state index is 13.8. The summed E-state index contributed by atoms with van der Waals surface area (Å²) in [6, 6.07) is 13.1. The highest BCUT2D eigenvalue weighted by Gasteiger charge is 2.38. The molecule has 0 bridgehead atoms. The second-order valence-electron chi connectivity index (χ2n) is 7.36. The Bertz CT molecular complexity index is 951. The summed E-state index contributed by atoms with van der Waals surface area (Å²) >= 11 is 5.37. The first-order valence-electron chi connectivity index (χ1n) is 9.10. The molecule has 1 N–H and O–H groups in total. The minimum absolute atomic E-state index is 0.0991. The lowest BCUT2D eigenvalue weighted by atomic mass is 9.72. The van der Waals surface area contributed by atoms with E-state index in [2.05, 4.69) is 17.2 Å². The van der Waals surface area contributed by atoms with Gasteiger partial charge in [-0.1, -0.05) is 31.2 Å². The van der Waals surface area contributed by atoms with Crippen molar-refractivity contribution in [3.63, 3.8) is 0 Å². The molecule has 2 aliphatic rings. The molecule has 2 nitrogen and oxygen atoms in total. The number of thiocarbonyl (C=S) groups is 1. The summed E-state index contributed by atoms with van der Waals surface area (Å²) in [4.78, 5) is 4.62. The van der Waals surface area contributed by atoms with E-state index in [1.165, 1.54) is 18.2 Å². The Kier molecular flexibility index (Phi) is 4.87. The van der Waals surface area contributed by atoms with Gasteiger partial charge in [-0.3, -0.25) is 0 Å². The highest BCUT2D eigenvalue weighted by molar-refractivity contribution is 7.80. The molecule has 27 heavy (non-hydrogen) atoms. The van der Waals surface area contributed by atoms with E-state index in [9.17, 15) is 8.78 Å². The number of halogens is 2. The third-order valence-electron chi connectivity index (χ3n) is 5.21. The van der Waals surface area contributed by atoms with Crippen molar-refractivity contribution in [2.45, 2.75) is 25.8 Å². The van der Waals surface area contributed by atoms with Gasteiger partial charge in [0.15, 0.2) is 5.11 Å². The van der Waals surface area contributed by atoms with Crippen LogP contribution in [0.4, 0.5) is 8.78 Å². The van der Waals surface area contributed by atoms with Crippen molar-refractivity contribution in [2.75, 3.05) is 0 Å². The van der Waals surface area contributed by atoms with Gasteiger partial charge in [0, 0.05) is 5.92 Å². The van der Waals surface area contributed by atoms with Gasteiger partial charge in [0.05, 0.1) is 11.8 Å². The van der Waals surface area contributed by atoms with Crippen molar-refractivity contribution in [3.8, 4) is 0 Å². The number of nitrogens with one attached hydrogen (secondary N) is 1. The minimum Gasteiger partial charge on any atom is -0.353 e. The van der Waals surface area contributed by atoms with Gasteiger partial charge >= 0.3 is 0 Å². The van der Waals surface area contributed by atoms with E-state index in [0.717, 1.165) is 35.3 Å². The van der Waals surface area contributed by atoms with Crippen LogP contribution in [-0.2, 0) is 0 Å². The van der Waals surface area contributed by atoms with Gasteiger partial charge in [0.25, 0.3) is 0 Å². The summed E-state index contributed by atoms with van der Waals surface area (Å²) in [5, 5.41) is 3.68. The predicted octanol–water partition coefficient (Wildman–Crippen LogP) is 5.46. The maximum absolute atomic E-state index is 13.8. The quantitative estimate of drug-likeness (QED) is 0.697. The lowest BCUT2D eigenvalue weighted by Crippen LogP contribution is -2.44. The summed E-state index contributed by atoms with van der Waals surface area (Å²) in [6.07, 6.45) is 3.81. The van der Waals surface area contributed by atoms with Gasteiger partial charge in [-0.2, -0.15) is 0 Å². The highest BCUT2D eigenvalue weighted by Crippen LogP contribution is 2.40. The van der Waals surface area contributed by atoms with Crippen LogP contribution in [0.5, 0.6) is 0 Å². The lowest BCUT2D eigenvalue weighted by molar-refractivity contribution is 0.371. The zero-order valence-corrected chi connectivity index (χ0v) is 15.8. The number of nitrogens with zero attached hydrogens (tertiary/aromatic N) is 1. The minimum atomic E-state index is -0.260. The third-order valence-corrected chi connectivity index (χ3v) is 5.41. The van der Waals surface area contributed by atoms with Gasteiger partial charge in [-0.05, 0) is 78.0 Å². The standard InChI is InChI=1S/C22H20F2N2S/c1-13-8-16(10-14-4-2-6-17(23)11-14)21-19(9-13)20(25-22(27)26-21)15-5-3-7-18(24)12-15/h2-7,10-13,19-20H,8-9H2,1H3,(H,25,27)/b16-10+. The van der Waals surface area contributed by atoms with Crippen LogP contribution in [0.1, 0.15) is 36.9 Å². The molecule has 0 saturated heterocycles. The first-order chi connectivity index (χ1) is 13.0. The van der Waals surface area contributed by atoms with Crippen molar-refractivity contribution >= 4 is 29.1 Å². The van der Waals surface area contributed by atoms with Crippen molar-refractivity contribution in [1.82, 2.24) is 5.32 Å². The van der Waals surface area contributed by atoms with Gasteiger partial charge in [0.2, 0.25) is 0 Å². The van der Waals surface area contributed by atoms with Crippen LogP contribution in [0, 0.1) is 23.5 Å². The number of fused-ring (bicyclic) bond motifs is 1. The monoisotopic (exact) mass is 382 g/mol. The summed E-state index contributed by atoms with van der Waals surface area (Å²) in [5.74, 6) is 0.0224. The van der Waals surface area contributed by atoms with Crippen molar-refractivity contribution in [3.05, 3.63) is 76.9 Å². The average Bonchev–Trinajstić information content (AvgIpc) is 2.62. The smallest absolute Gasteiger partial charge is 0.193 e. The van der Waals surface area contributed by atoms with Crippen LogP contribution in [0.25, 0.3) is 6.08 Å². The number of allylic oxidation sites excluding steroid dienone is 1. The van der Waals surface area contributed by atoms with Crippen molar-refractivity contribution < 1.29 is 8.78 Å². The van der Waals surface area contributed by atoms with Gasteiger partial charge in [0.1, 0.15) is 11.6 Å². The van der Waals surface area contributed by atoms with Gasteiger partial charge < -0.3 is 5.32 Å². The molecule has 1 fully saturated rings. The van der Waals surface area contributed by atoms with Crippen molar-refractivity contribution in [2.24, 2.45) is 16.8 Å². The second-order valence-corrected chi connectivity index (χ2v) is 7.74. The Balaban J connectivity index is 1.75. The molecular weight excluding hydrogens is 362 g/mol. The molecule has 3 atom stereocenters. The lowest BCUT2D eigenvalue weighted by Gasteiger charge is -2.39. The molecule has 0 aromatic heterocycles. The largest absolute Gasteiger partial charge is 0.353 e. The fourth-order valence-corrected chi connectivity index (χ4v) is 4.34. The Labute approximate surface area is 163 Å². The number of rotatable bonds is 2. The van der Waals surface area contributed by atoms with E-state index >= 15 is 0 Å². The van der Waals surface area contributed by atoms with E-state index in [4.69, 9.17) is 12.2 Å². The Morgan fingerprint density at radius 2 is 1.85 bits per heavy atom. The predicted molar refractivity (Wildman–Crippen MR) is 109 cm³/mol. The zero-order valence-electron chi connectivity index (χ0n) is 15.0. The molecule has 0 spiro atoms. The van der Waals surface area contributed by atoms with Crippen molar-refractivity contribution in [1.29, 1.82) is 0 Å². The van der Waals surface area contributed by atoms with E-state index in [1.54, 1.807) is 18.2 Å². The first kappa shape index (κ1) is 18.0. The Morgan fingerprint density at radius 3 is 2.59 bits per heavy atom. The molecule has 138 valence electrons. The van der Waals surface area contributed by atoms with E-state index in [0.29, 0.717) is 11.0 Å².